The third-order valence-corrected chi connectivity index (χ3v) is 11.3. The number of benzene rings is 2. The molecule has 66 heavy (non-hydrogen) atoms. The highest BCUT2D eigenvalue weighted by atomic mass is 16.8. The van der Waals surface area contributed by atoms with Gasteiger partial charge in [0.15, 0.2) is 12.6 Å². The van der Waals surface area contributed by atoms with Crippen LogP contribution in [0, 0.1) is 0 Å². The number of hydrogen-bond acceptors (Lipinski definition) is 24. The van der Waals surface area contributed by atoms with Crippen LogP contribution in [0.25, 0.3) is 0 Å². The Bertz CT molecular complexity index is 1710. The highest BCUT2D eigenvalue weighted by molar-refractivity contribution is 5.96. The summed E-state index contributed by atoms with van der Waals surface area (Å²) < 4.78 is 44.2. The average molecular weight is 949 g/mol. The van der Waals surface area contributed by atoms with E-state index in [1.165, 1.54) is 48.5 Å². The minimum atomic E-state index is -1.83. The molecule has 0 saturated carbocycles. The summed E-state index contributed by atoms with van der Waals surface area (Å²) >= 11 is 0. The van der Waals surface area contributed by atoms with Crippen molar-refractivity contribution < 1.29 is 119 Å². The van der Waals surface area contributed by atoms with Gasteiger partial charge in [-0.2, -0.15) is 0 Å². The minimum Gasteiger partial charge on any atom is -0.462 e. The zero-order chi connectivity index (χ0) is 48.0. The van der Waals surface area contributed by atoms with Crippen LogP contribution in [0.1, 0.15) is 12.8 Å². The van der Waals surface area contributed by atoms with Gasteiger partial charge in [-0.15, -0.1) is 0 Å². The number of nitrogens with one attached hydrogen (secondary N) is 2. The third kappa shape index (κ3) is 11.9. The van der Waals surface area contributed by atoms with Crippen molar-refractivity contribution in [2.45, 2.75) is 136 Å². The molecule has 0 aliphatic carbocycles. The first-order chi connectivity index (χ1) is 31.5. The standard InChI is InChI=1S/C40H56N2O24/c43-11-19-25(49)27(51)31(55)39(61-19)65-35-21(13-45)63-37(33(57)29(35)53)59-17-5-1-15(2-6-17)41-23(47)9-10-24(48)42-16-3-7-18(8-4-16)60-38-34(58)30(54)36(22(14-46)64-38)66-40-32(56)28(52)26(50)20(12-44)62-40/h1-8,19-22,25-40,43-46,49-58H,9-14H2,(H,41,47)(H,42,48)/t19-,20-,21-,22-,25-,26-,27+,28+,29-,30-,31-,32-,33-,34-,35-,36-,37-,38-,39-,40-/m1/s1. The Kier molecular flexibility index (Phi) is 18.0. The summed E-state index contributed by atoms with van der Waals surface area (Å²) in [6, 6.07) is 11.4. The fraction of sp³-hybridized carbons (Fsp3) is 0.650. The van der Waals surface area contributed by atoms with Gasteiger partial charge in [-0.25, -0.2) is 0 Å². The van der Waals surface area contributed by atoms with Gasteiger partial charge in [0.05, 0.1) is 26.4 Å². The van der Waals surface area contributed by atoms with Gasteiger partial charge in [0.1, 0.15) is 109 Å². The fourth-order valence-corrected chi connectivity index (χ4v) is 7.48. The van der Waals surface area contributed by atoms with Crippen LogP contribution in [-0.2, 0) is 38.0 Å². The van der Waals surface area contributed by atoms with Gasteiger partial charge >= 0.3 is 0 Å². The first kappa shape index (κ1) is 51.6. The van der Waals surface area contributed by atoms with E-state index in [1.807, 2.05) is 0 Å². The Morgan fingerprint density at radius 1 is 0.409 bits per heavy atom. The van der Waals surface area contributed by atoms with Crippen molar-refractivity contribution in [1.29, 1.82) is 0 Å². The maximum absolute atomic E-state index is 12.7. The second kappa shape index (κ2) is 23.0. The molecule has 0 aromatic heterocycles. The number of carbonyl (C=O) groups is 2. The molecular formula is C40H56N2O24. The molecule has 4 heterocycles. The normalized spacial score (nSPS) is 39.4. The number of ether oxygens (including phenoxy) is 8. The molecule has 4 aliphatic rings. The Balaban J connectivity index is 0.927. The topological polar surface area (TPSA) is 415 Å². The molecule has 20 atom stereocenters. The van der Waals surface area contributed by atoms with Crippen LogP contribution in [-0.4, -0.2) is 233 Å². The Hall–Kier alpha value is -3.82. The molecular weight excluding hydrogens is 892 g/mol. The van der Waals surface area contributed by atoms with Crippen LogP contribution < -0.4 is 20.1 Å². The number of carbonyl (C=O) groups excluding carboxylic acids is 2. The van der Waals surface area contributed by atoms with E-state index in [1.54, 1.807) is 0 Å². The second-order valence-corrected chi connectivity index (χ2v) is 15.9. The van der Waals surface area contributed by atoms with Crippen LogP contribution in [0.15, 0.2) is 48.5 Å². The lowest BCUT2D eigenvalue weighted by Crippen LogP contribution is -2.65. The van der Waals surface area contributed by atoms with E-state index < -0.39 is 161 Å². The van der Waals surface area contributed by atoms with Crippen LogP contribution in [0.5, 0.6) is 11.5 Å². The van der Waals surface area contributed by atoms with Gasteiger partial charge in [-0.05, 0) is 48.5 Å². The van der Waals surface area contributed by atoms with Crippen molar-refractivity contribution in [3.63, 3.8) is 0 Å². The predicted octanol–water partition coefficient (Wildman–Crippen LogP) is -6.95. The Labute approximate surface area is 374 Å². The van der Waals surface area contributed by atoms with Crippen molar-refractivity contribution in [2.75, 3.05) is 37.1 Å². The molecule has 370 valence electrons. The lowest BCUT2D eigenvalue weighted by molar-refractivity contribution is -0.352. The Morgan fingerprint density at radius 2 is 0.712 bits per heavy atom. The second-order valence-electron chi connectivity index (χ2n) is 15.9. The van der Waals surface area contributed by atoms with Crippen molar-refractivity contribution in [3.05, 3.63) is 48.5 Å². The van der Waals surface area contributed by atoms with Crippen molar-refractivity contribution in [2.24, 2.45) is 0 Å². The van der Waals surface area contributed by atoms with E-state index in [0.29, 0.717) is 11.4 Å². The SMILES string of the molecule is O=C(CCC(=O)Nc1ccc(O[C@@H]2O[C@H](CO)[C@@H](O[C@H]3O[C@H](CO)[C@@H](O)[C@H](O)[C@H]3O)[C@H](O)[C@H]2O)cc1)Nc1ccc(O[C@@H]2O[C@H](CO)[C@@H](O[C@H]3O[C@H](CO)[C@@H](O)[C@H](O)[C@H]3O)[C@H](O)[C@H]2O)cc1. The molecule has 26 nitrogen and oxygen atoms in total. The lowest BCUT2D eigenvalue weighted by Gasteiger charge is -2.45. The molecule has 4 aliphatic heterocycles. The molecule has 0 radical (unpaired) electrons. The average Bonchev–Trinajstić information content (AvgIpc) is 3.31. The molecule has 2 aromatic rings. The van der Waals surface area contributed by atoms with Crippen molar-refractivity contribution >= 4 is 23.2 Å². The summed E-state index contributed by atoms with van der Waals surface area (Å²) in [6.45, 7) is -3.01. The summed E-state index contributed by atoms with van der Waals surface area (Å²) in [5.41, 5.74) is 0.605. The summed E-state index contributed by atoms with van der Waals surface area (Å²) in [5, 5.41) is 148. The van der Waals surface area contributed by atoms with E-state index in [4.69, 9.17) is 37.9 Å². The summed E-state index contributed by atoms with van der Waals surface area (Å²) in [7, 11) is 0. The minimum absolute atomic E-state index is 0.104. The molecule has 2 amide bonds. The van der Waals surface area contributed by atoms with Crippen LogP contribution in [0.3, 0.4) is 0 Å². The molecule has 26 heteroatoms. The van der Waals surface area contributed by atoms with Crippen LogP contribution in [0.2, 0.25) is 0 Å². The van der Waals surface area contributed by atoms with Gasteiger partial charge in [0.25, 0.3) is 0 Å². The molecule has 0 unspecified atom stereocenters. The maximum atomic E-state index is 12.7. The van der Waals surface area contributed by atoms with E-state index >= 15 is 0 Å². The maximum Gasteiger partial charge on any atom is 0.229 e. The summed E-state index contributed by atoms with van der Waals surface area (Å²) in [6.07, 6.45) is -33.0. The largest absolute Gasteiger partial charge is 0.462 e. The highest BCUT2D eigenvalue weighted by Crippen LogP contribution is 2.33. The van der Waals surface area contributed by atoms with Gasteiger partial charge < -0.3 is 120 Å². The van der Waals surface area contributed by atoms with Crippen molar-refractivity contribution in [3.8, 4) is 11.5 Å². The third-order valence-electron chi connectivity index (χ3n) is 11.3. The quantitative estimate of drug-likeness (QED) is 0.0701. The van der Waals surface area contributed by atoms with Gasteiger partial charge in [0, 0.05) is 24.2 Å². The highest BCUT2D eigenvalue weighted by Gasteiger charge is 2.53. The van der Waals surface area contributed by atoms with Gasteiger partial charge in [-0.1, -0.05) is 0 Å². The smallest absolute Gasteiger partial charge is 0.229 e. The summed E-state index contributed by atoms with van der Waals surface area (Å²) in [4.78, 5) is 25.3. The van der Waals surface area contributed by atoms with E-state index in [2.05, 4.69) is 10.6 Å². The molecule has 4 fully saturated rings. The molecule has 0 spiro atoms. The number of hydrogen-bond donors (Lipinski definition) is 16. The predicted molar refractivity (Wildman–Crippen MR) is 213 cm³/mol. The van der Waals surface area contributed by atoms with Crippen LogP contribution >= 0.6 is 0 Å². The fourth-order valence-electron chi connectivity index (χ4n) is 7.48. The number of rotatable bonds is 17. The number of anilines is 2. The van der Waals surface area contributed by atoms with Crippen LogP contribution in [0.4, 0.5) is 11.4 Å². The number of aliphatic hydroxyl groups excluding tert-OH is 14. The first-order valence-corrected chi connectivity index (χ1v) is 20.8. The first-order valence-electron chi connectivity index (χ1n) is 20.8. The van der Waals surface area contributed by atoms with Crippen molar-refractivity contribution in [1.82, 2.24) is 0 Å². The zero-order valence-corrected chi connectivity index (χ0v) is 34.8. The molecule has 16 N–H and O–H groups in total. The molecule has 6 rings (SSSR count). The molecule has 4 saturated heterocycles. The monoisotopic (exact) mass is 948 g/mol. The van der Waals surface area contributed by atoms with Gasteiger partial charge in [0.2, 0.25) is 24.4 Å². The number of aliphatic hydroxyl groups is 14. The van der Waals surface area contributed by atoms with E-state index in [0.717, 1.165) is 0 Å². The Morgan fingerprint density at radius 3 is 1.03 bits per heavy atom. The lowest BCUT2D eigenvalue weighted by atomic mass is 9.97. The van der Waals surface area contributed by atoms with E-state index in [-0.39, 0.29) is 24.3 Å². The summed E-state index contributed by atoms with van der Waals surface area (Å²) in [5.74, 6) is -0.841. The molecule has 0 bridgehead atoms. The number of amides is 2. The zero-order valence-electron chi connectivity index (χ0n) is 34.8. The van der Waals surface area contributed by atoms with E-state index in [9.17, 15) is 81.1 Å². The van der Waals surface area contributed by atoms with Gasteiger partial charge in [-0.3, -0.25) is 9.59 Å². The molecule has 2 aromatic carbocycles.